The van der Waals surface area contributed by atoms with Crippen molar-refractivity contribution in [3.8, 4) is 28.5 Å². The Labute approximate surface area is 157 Å². The molecule has 0 fully saturated rings. The third-order valence-corrected chi connectivity index (χ3v) is 4.38. The number of fused-ring (bicyclic) bond motifs is 1. The highest BCUT2D eigenvalue weighted by atomic mass is 16.5. The summed E-state index contributed by atoms with van der Waals surface area (Å²) in [6.07, 6.45) is 5.49. The molecule has 0 aliphatic heterocycles. The molecule has 3 aromatic heterocycles. The van der Waals surface area contributed by atoms with Gasteiger partial charge in [-0.05, 0) is 62.7 Å². The lowest BCUT2D eigenvalue weighted by atomic mass is 10.1. The molecule has 0 amide bonds. The van der Waals surface area contributed by atoms with E-state index in [0.717, 1.165) is 39.4 Å². The molecular formula is C22H20N4O. The van der Waals surface area contributed by atoms with E-state index in [1.807, 2.05) is 56.5 Å². The first kappa shape index (κ1) is 17.0. The van der Waals surface area contributed by atoms with E-state index in [-0.39, 0.29) is 0 Å². The van der Waals surface area contributed by atoms with E-state index in [2.05, 4.69) is 39.0 Å². The van der Waals surface area contributed by atoms with Gasteiger partial charge in [0.25, 0.3) is 0 Å². The summed E-state index contributed by atoms with van der Waals surface area (Å²) in [6.45, 7) is 5.90. The third kappa shape index (κ3) is 3.58. The van der Waals surface area contributed by atoms with Crippen LogP contribution in [0.15, 0.2) is 66.7 Å². The quantitative estimate of drug-likeness (QED) is 0.504. The summed E-state index contributed by atoms with van der Waals surface area (Å²) in [5, 5.41) is 0. The smallest absolute Gasteiger partial charge is 0.218 e. The number of rotatable bonds is 4. The van der Waals surface area contributed by atoms with E-state index in [1.54, 1.807) is 6.20 Å². The van der Waals surface area contributed by atoms with Crippen molar-refractivity contribution in [2.24, 2.45) is 0 Å². The van der Waals surface area contributed by atoms with Crippen LogP contribution in [0.3, 0.4) is 0 Å². The molecule has 0 aliphatic rings. The van der Waals surface area contributed by atoms with Gasteiger partial charge in [-0.3, -0.25) is 4.98 Å². The minimum Gasteiger partial charge on any atom is -0.444 e. The topological polar surface area (TPSA) is 63.7 Å². The molecule has 5 nitrogen and oxygen atoms in total. The Kier molecular flexibility index (Phi) is 4.42. The number of ether oxygens (including phenoxy) is 1. The lowest BCUT2D eigenvalue weighted by Gasteiger charge is -2.06. The number of aromatic amines is 1. The Hall–Kier alpha value is -3.47. The SMILES string of the molecule is C/C=C(\C)Oc1ccc(-c2ccc(-c3nc4ccc(C)cc4[nH]3)cn2)cn1. The molecule has 3 heterocycles. The second-order valence-electron chi connectivity index (χ2n) is 6.42. The molecule has 27 heavy (non-hydrogen) atoms. The molecule has 1 N–H and O–H groups in total. The Bertz CT molecular complexity index is 1110. The standard InChI is InChI=1S/C22H20N4O/c1-4-15(3)27-21-10-7-16(12-24-21)18-9-6-17(13-23-18)22-25-19-8-5-14(2)11-20(19)26-22/h4-13H,1-3H3,(H,25,26)/b15-4+. The average molecular weight is 356 g/mol. The molecule has 0 saturated carbocycles. The summed E-state index contributed by atoms with van der Waals surface area (Å²) < 4.78 is 5.59. The van der Waals surface area contributed by atoms with Crippen LogP contribution in [0.1, 0.15) is 19.4 Å². The summed E-state index contributed by atoms with van der Waals surface area (Å²) >= 11 is 0. The number of pyridine rings is 2. The lowest BCUT2D eigenvalue weighted by Crippen LogP contribution is -1.93. The monoisotopic (exact) mass is 356 g/mol. The number of imidazole rings is 1. The van der Waals surface area contributed by atoms with Gasteiger partial charge in [0, 0.05) is 29.6 Å². The minimum atomic E-state index is 0.573. The van der Waals surface area contributed by atoms with Gasteiger partial charge in [-0.25, -0.2) is 9.97 Å². The molecule has 0 spiro atoms. The fraction of sp³-hybridized carbons (Fsp3) is 0.136. The molecule has 134 valence electrons. The van der Waals surface area contributed by atoms with E-state index in [9.17, 15) is 0 Å². The van der Waals surface area contributed by atoms with E-state index < -0.39 is 0 Å². The molecule has 4 rings (SSSR count). The Morgan fingerprint density at radius 1 is 1.00 bits per heavy atom. The normalized spacial score (nSPS) is 11.7. The van der Waals surface area contributed by atoms with Gasteiger partial charge < -0.3 is 9.72 Å². The molecule has 4 aromatic rings. The van der Waals surface area contributed by atoms with Gasteiger partial charge in [0.15, 0.2) is 0 Å². The molecule has 0 unspecified atom stereocenters. The first-order chi connectivity index (χ1) is 13.1. The number of H-pyrrole nitrogens is 1. The van der Waals surface area contributed by atoms with Gasteiger partial charge in [0.05, 0.1) is 22.5 Å². The van der Waals surface area contributed by atoms with Crippen LogP contribution in [-0.4, -0.2) is 19.9 Å². The van der Waals surface area contributed by atoms with Crippen LogP contribution in [-0.2, 0) is 0 Å². The number of nitrogens with one attached hydrogen (secondary N) is 1. The van der Waals surface area contributed by atoms with Crippen LogP contribution in [0, 0.1) is 6.92 Å². The van der Waals surface area contributed by atoms with Crippen LogP contribution in [0.5, 0.6) is 5.88 Å². The summed E-state index contributed by atoms with van der Waals surface area (Å²) in [4.78, 5) is 16.9. The lowest BCUT2D eigenvalue weighted by molar-refractivity contribution is 0.410. The number of aromatic nitrogens is 4. The predicted molar refractivity (Wildman–Crippen MR) is 107 cm³/mol. The van der Waals surface area contributed by atoms with E-state index in [0.29, 0.717) is 5.88 Å². The minimum absolute atomic E-state index is 0.573. The van der Waals surface area contributed by atoms with Crippen molar-refractivity contribution in [2.45, 2.75) is 20.8 Å². The van der Waals surface area contributed by atoms with Crippen molar-refractivity contribution < 1.29 is 4.74 Å². The van der Waals surface area contributed by atoms with Crippen molar-refractivity contribution in [2.75, 3.05) is 0 Å². The number of allylic oxidation sites excluding steroid dienone is 2. The van der Waals surface area contributed by atoms with Crippen molar-refractivity contribution in [3.63, 3.8) is 0 Å². The maximum absolute atomic E-state index is 5.59. The average Bonchev–Trinajstić information content (AvgIpc) is 3.12. The van der Waals surface area contributed by atoms with E-state index >= 15 is 0 Å². The molecule has 0 radical (unpaired) electrons. The van der Waals surface area contributed by atoms with Crippen molar-refractivity contribution >= 4 is 11.0 Å². The predicted octanol–water partition coefficient (Wildman–Crippen LogP) is 5.30. The van der Waals surface area contributed by atoms with Crippen molar-refractivity contribution in [3.05, 3.63) is 72.3 Å². The highest BCUT2D eigenvalue weighted by Gasteiger charge is 2.07. The van der Waals surface area contributed by atoms with Gasteiger partial charge in [-0.1, -0.05) is 6.07 Å². The fourth-order valence-corrected chi connectivity index (χ4v) is 2.78. The van der Waals surface area contributed by atoms with Crippen LogP contribution >= 0.6 is 0 Å². The maximum Gasteiger partial charge on any atom is 0.218 e. The van der Waals surface area contributed by atoms with Gasteiger partial charge in [0.1, 0.15) is 5.82 Å². The maximum atomic E-state index is 5.59. The van der Waals surface area contributed by atoms with Crippen LogP contribution in [0.25, 0.3) is 33.7 Å². The molecular weight excluding hydrogens is 336 g/mol. The third-order valence-electron chi connectivity index (χ3n) is 4.38. The van der Waals surface area contributed by atoms with Crippen LogP contribution in [0.2, 0.25) is 0 Å². The number of benzene rings is 1. The highest BCUT2D eigenvalue weighted by Crippen LogP contribution is 2.24. The fourth-order valence-electron chi connectivity index (χ4n) is 2.78. The first-order valence-electron chi connectivity index (χ1n) is 8.82. The second kappa shape index (κ2) is 7.03. The highest BCUT2D eigenvalue weighted by molar-refractivity contribution is 5.80. The summed E-state index contributed by atoms with van der Waals surface area (Å²) in [6, 6.07) is 14.0. The molecule has 1 aromatic carbocycles. The zero-order valence-electron chi connectivity index (χ0n) is 15.5. The van der Waals surface area contributed by atoms with E-state index in [1.165, 1.54) is 5.56 Å². The van der Waals surface area contributed by atoms with Gasteiger partial charge >= 0.3 is 0 Å². The molecule has 0 atom stereocenters. The van der Waals surface area contributed by atoms with Gasteiger partial charge in [0.2, 0.25) is 5.88 Å². The summed E-state index contributed by atoms with van der Waals surface area (Å²) in [7, 11) is 0. The zero-order chi connectivity index (χ0) is 18.8. The summed E-state index contributed by atoms with van der Waals surface area (Å²) in [5.41, 5.74) is 5.93. The molecule has 0 bridgehead atoms. The van der Waals surface area contributed by atoms with E-state index in [4.69, 9.17) is 4.74 Å². The number of aryl methyl sites for hydroxylation is 1. The van der Waals surface area contributed by atoms with Crippen LogP contribution in [0.4, 0.5) is 0 Å². The summed E-state index contributed by atoms with van der Waals surface area (Å²) in [5.74, 6) is 2.21. The number of nitrogens with zero attached hydrogens (tertiary/aromatic N) is 3. The number of hydrogen-bond acceptors (Lipinski definition) is 4. The largest absolute Gasteiger partial charge is 0.444 e. The second-order valence-corrected chi connectivity index (χ2v) is 6.42. The molecule has 0 aliphatic carbocycles. The Morgan fingerprint density at radius 3 is 2.52 bits per heavy atom. The molecule has 0 saturated heterocycles. The van der Waals surface area contributed by atoms with Crippen molar-refractivity contribution in [1.29, 1.82) is 0 Å². The van der Waals surface area contributed by atoms with Gasteiger partial charge in [-0.2, -0.15) is 0 Å². The van der Waals surface area contributed by atoms with Gasteiger partial charge in [-0.15, -0.1) is 0 Å². The molecule has 5 heteroatoms. The van der Waals surface area contributed by atoms with Crippen molar-refractivity contribution in [1.82, 2.24) is 19.9 Å². The Morgan fingerprint density at radius 2 is 1.81 bits per heavy atom. The first-order valence-corrected chi connectivity index (χ1v) is 8.82. The van der Waals surface area contributed by atoms with Crippen LogP contribution < -0.4 is 4.74 Å². The zero-order valence-corrected chi connectivity index (χ0v) is 15.5. The number of hydrogen-bond donors (Lipinski definition) is 1. The Balaban J connectivity index is 1.57.